The van der Waals surface area contributed by atoms with Crippen molar-refractivity contribution in [1.82, 2.24) is 20.1 Å². The van der Waals surface area contributed by atoms with Crippen LogP contribution in [-0.2, 0) is 24.2 Å². The summed E-state index contributed by atoms with van der Waals surface area (Å²) in [5.74, 6) is 2.57. The number of benzene rings is 1. The van der Waals surface area contributed by atoms with E-state index >= 15 is 0 Å². The van der Waals surface area contributed by atoms with Gasteiger partial charge >= 0.3 is 0 Å². The summed E-state index contributed by atoms with van der Waals surface area (Å²) in [6.45, 7) is 5.05. The molecular formula is C18H22N4OS. The lowest BCUT2D eigenvalue weighted by molar-refractivity contribution is -0.121. The molecular weight excluding hydrogens is 320 g/mol. The Kier molecular flexibility index (Phi) is 4.08. The van der Waals surface area contributed by atoms with Crippen molar-refractivity contribution in [2.24, 2.45) is 0 Å². The first kappa shape index (κ1) is 15.7. The summed E-state index contributed by atoms with van der Waals surface area (Å²) in [6, 6.07) is 8.47. The summed E-state index contributed by atoms with van der Waals surface area (Å²) < 4.78 is 2.19. The molecule has 1 amide bonds. The van der Waals surface area contributed by atoms with Gasteiger partial charge in [0.15, 0.2) is 0 Å². The van der Waals surface area contributed by atoms with Crippen molar-refractivity contribution in [3.8, 4) is 0 Å². The zero-order chi connectivity index (χ0) is 16.7. The Bertz CT molecular complexity index is 745. The Morgan fingerprint density at radius 2 is 2.17 bits per heavy atom. The Hall–Kier alpha value is -1.82. The molecule has 2 atom stereocenters. The molecule has 4 rings (SSSR count). The van der Waals surface area contributed by atoms with Crippen LogP contribution in [0.5, 0.6) is 0 Å². The van der Waals surface area contributed by atoms with Gasteiger partial charge in [0, 0.05) is 29.8 Å². The molecule has 0 saturated heterocycles. The quantitative estimate of drug-likeness (QED) is 0.931. The number of nitrogens with one attached hydrogen (secondary N) is 1. The molecule has 3 heterocycles. The molecule has 5 nitrogen and oxygen atoms in total. The van der Waals surface area contributed by atoms with Crippen molar-refractivity contribution in [3.05, 3.63) is 41.5 Å². The van der Waals surface area contributed by atoms with E-state index in [0.29, 0.717) is 5.92 Å². The number of fused-ring (bicyclic) bond motifs is 2. The van der Waals surface area contributed by atoms with E-state index in [1.54, 1.807) is 11.8 Å². The largest absolute Gasteiger partial charge is 0.351 e. The molecule has 6 heteroatoms. The summed E-state index contributed by atoms with van der Waals surface area (Å²) in [4.78, 5) is 13.9. The van der Waals surface area contributed by atoms with Crippen molar-refractivity contribution in [1.29, 1.82) is 0 Å². The van der Waals surface area contributed by atoms with Crippen LogP contribution in [0.4, 0.5) is 0 Å². The first-order chi connectivity index (χ1) is 11.6. The third kappa shape index (κ3) is 2.83. The maximum Gasteiger partial charge on any atom is 0.234 e. The SMILES string of the molecule is CC(C)c1nnc2n1C[C@H](NC(=O)[C@H]1Cc3ccccc3S1)CC2. The number of carbonyl (C=O) groups is 1. The summed E-state index contributed by atoms with van der Waals surface area (Å²) in [5.41, 5.74) is 1.29. The predicted molar refractivity (Wildman–Crippen MR) is 94.2 cm³/mol. The van der Waals surface area contributed by atoms with Crippen LogP contribution >= 0.6 is 11.8 Å². The van der Waals surface area contributed by atoms with Gasteiger partial charge in [-0.1, -0.05) is 32.0 Å². The molecule has 1 aromatic heterocycles. The lowest BCUT2D eigenvalue weighted by Crippen LogP contribution is -2.44. The minimum Gasteiger partial charge on any atom is -0.351 e. The number of aromatic nitrogens is 3. The Balaban J connectivity index is 1.42. The molecule has 0 bridgehead atoms. The Morgan fingerprint density at radius 3 is 2.96 bits per heavy atom. The summed E-state index contributed by atoms with van der Waals surface area (Å²) in [5, 5.41) is 11.9. The zero-order valence-electron chi connectivity index (χ0n) is 14.0. The van der Waals surface area contributed by atoms with Crippen molar-refractivity contribution < 1.29 is 4.79 Å². The number of amides is 1. The molecule has 0 aliphatic carbocycles. The fraction of sp³-hybridized carbons (Fsp3) is 0.500. The van der Waals surface area contributed by atoms with Gasteiger partial charge in [-0.15, -0.1) is 22.0 Å². The summed E-state index contributed by atoms with van der Waals surface area (Å²) >= 11 is 1.68. The average molecular weight is 342 g/mol. The molecule has 0 unspecified atom stereocenters. The van der Waals surface area contributed by atoms with Crippen LogP contribution in [0.2, 0.25) is 0 Å². The summed E-state index contributed by atoms with van der Waals surface area (Å²) in [6.07, 6.45) is 2.64. The van der Waals surface area contributed by atoms with Crippen LogP contribution in [0.3, 0.4) is 0 Å². The maximum absolute atomic E-state index is 12.7. The van der Waals surface area contributed by atoms with E-state index < -0.39 is 0 Å². The molecule has 1 aromatic carbocycles. The molecule has 0 fully saturated rings. The van der Waals surface area contributed by atoms with E-state index in [2.05, 4.69) is 46.1 Å². The minimum absolute atomic E-state index is 0.00530. The highest BCUT2D eigenvalue weighted by Gasteiger charge is 2.31. The number of rotatable bonds is 3. The van der Waals surface area contributed by atoms with Gasteiger partial charge in [0.1, 0.15) is 11.6 Å². The normalized spacial score (nSPS) is 22.3. The molecule has 2 aliphatic rings. The zero-order valence-corrected chi connectivity index (χ0v) is 14.8. The van der Waals surface area contributed by atoms with Crippen LogP contribution < -0.4 is 5.32 Å². The molecule has 1 N–H and O–H groups in total. The third-order valence-electron chi connectivity index (χ3n) is 4.78. The fourth-order valence-electron chi connectivity index (χ4n) is 3.52. The molecule has 0 spiro atoms. The highest BCUT2D eigenvalue weighted by Crippen LogP contribution is 2.36. The lowest BCUT2D eigenvalue weighted by atomic mass is 10.0. The highest BCUT2D eigenvalue weighted by molar-refractivity contribution is 8.01. The number of carbonyl (C=O) groups excluding carboxylic acids is 1. The van der Waals surface area contributed by atoms with E-state index in [4.69, 9.17) is 0 Å². The Labute approximate surface area is 146 Å². The fourth-order valence-corrected chi connectivity index (χ4v) is 4.72. The van der Waals surface area contributed by atoms with Crippen molar-refractivity contribution in [3.63, 3.8) is 0 Å². The predicted octanol–water partition coefficient (Wildman–Crippen LogP) is 2.55. The van der Waals surface area contributed by atoms with E-state index in [0.717, 1.165) is 37.5 Å². The second-order valence-corrected chi connectivity index (χ2v) is 8.15. The molecule has 2 aliphatic heterocycles. The molecule has 0 saturated carbocycles. The minimum atomic E-state index is -0.00530. The van der Waals surface area contributed by atoms with Crippen LogP contribution in [0, 0.1) is 0 Å². The number of thioether (sulfide) groups is 1. The molecule has 2 aromatic rings. The monoisotopic (exact) mass is 342 g/mol. The van der Waals surface area contributed by atoms with Gasteiger partial charge in [0.25, 0.3) is 0 Å². The highest BCUT2D eigenvalue weighted by atomic mass is 32.2. The third-order valence-corrected chi connectivity index (χ3v) is 6.10. The van der Waals surface area contributed by atoms with Gasteiger partial charge in [0.05, 0.1) is 5.25 Å². The second-order valence-electron chi connectivity index (χ2n) is 6.90. The number of nitrogens with zero attached hydrogens (tertiary/aromatic N) is 3. The summed E-state index contributed by atoms with van der Waals surface area (Å²) in [7, 11) is 0. The number of hydrogen-bond acceptors (Lipinski definition) is 4. The smallest absolute Gasteiger partial charge is 0.234 e. The van der Waals surface area contributed by atoms with Gasteiger partial charge in [-0.25, -0.2) is 0 Å². The van der Waals surface area contributed by atoms with Gasteiger partial charge in [-0.2, -0.15) is 0 Å². The van der Waals surface area contributed by atoms with Gasteiger partial charge in [0.2, 0.25) is 5.91 Å². The second kappa shape index (κ2) is 6.24. The molecule has 24 heavy (non-hydrogen) atoms. The van der Waals surface area contributed by atoms with Crippen molar-refractivity contribution >= 4 is 17.7 Å². The van der Waals surface area contributed by atoms with E-state index in [1.165, 1.54) is 10.5 Å². The van der Waals surface area contributed by atoms with Crippen molar-refractivity contribution in [2.75, 3.05) is 0 Å². The maximum atomic E-state index is 12.7. The topological polar surface area (TPSA) is 59.8 Å². The van der Waals surface area contributed by atoms with E-state index in [1.807, 2.05) is 12.1 Å². The van der Waals surface area contributed by atoms with Crippen molar-refractivity contribution in [2.45, 2.75) is 61.8 Å². The van der Waals surface area contributed by atoms with E-state index in [9.17, 15) is 4.79 Å². The van der Waals surface area contributed by atoms with Gasteiger partial charge in [-0.05, 0) is 24.5 Å². The van der Waals surface area contributed by atoms with Crippen LogP contribution in [0.15, 0.2) is 29.2 Å². The Morgan fingerprint density at radius 1 is 1.33 bits per heavy atom. The first-order valence-electron chi connectivity index (χ1n) is 8.58. The number of hydrogen-bond donors (Lipinski definition) is 1. The van der Waals surface area contributed by atoms with Gasteiger partial charge < -0.3 is 9.88 Å². The van der Waals surface area contributed by atoms with Crippen LogP contribution in [0.1, 0.15) is 43.4 Å². The van der Waals surface area contributed by atoms with Crippen LogP contribution in [0.25, 0.3) is 0 Å². The van der Waals surface area contributed by atoms with Crippen LogP contribution in [-0.4, -0.2) is 32.0 Å². The first-order valence-corrected chi connectivity index (χ1v) is 9.46. The number of aryl methyl sites for hydroxylation is 1. The average Bonchev–Trinajstić information content (AvgIpc) is 3.18. The van der Waals surface area contributed by atoms with Gasteiger partial charge in [-0.3, -0.25) is 4.79 Å². The standard InChI is InChI=1S/C18H22N4OS/c1-11(2)17-21-20-16-8-7-13(10-22(16)17)19-18(23)15-9-12-5-3-4-6-14(12)24-15/h3-6,11,13,15H,7-10H2,1-2H3,(H,19,23)/t13-,15-/m1/s1. The molecule has 0 radical (unpaired) electrons. The lowest BCUT2D eigenvalue weighted by Gasteiger charge is -2.26. The molecule has 126 valence electrons. The van der Waals surface area contributed by atoms with E-state index in [-0.39, 0.29) is 17.2 Å².